The fraction of sp³-hybridized carbons (Fsp3) is 0.125. The lowest BCUT2D eigenvalue weighted by atomic mass is 10.0. The largest absolute Gasteiger partial charge is 0.368 e. The van der Waals surface area contributed by atoms with Gasteiger partial charge < -0.3 is 11.1 Å². The molecule has 4 nitrogen and oxygen atoms in total. The van der Waals surface area contributed by atoms with Crippen molar-refractivity contribution in [2.75, 3.05) is 0 Å². The zero-order valence-corrected chi connectivity index (χ0v) is 12.3. The van der Waals surface area contributed by atoms with Gasteiger partial charge in [0.25, 0.3) is 5.91 Å². The van der Waals surface area contributed by atoms with Crippen molar-refractivity contribution < 1.29 is 14.0 Å². The first-order valence-electron chi connectivity index (χ1n) is 6.56. The Bertz CT molecular complexity index is 706. The van der Waals surface area contributed by atoms with Gasteiger partial charge in [0.1, 0.15) is 11.9 Å². The Balaban J connectivity index is 2.14. The molecule has 2 aromatic carbocycles. The van der Waals surface area contributed by atoms with Gasteiger partial charge in [-0.1, -0.05) is 35.9 Å². The molecule has 0 saturated heterocycles. The van der Waals surface area contributed by atoms with Gasteiger partial charge in [-0.05, 0) is 29.8 Å². The second-order valence-electron chi connectivity index (χ2n) is 4.74. The van der Waals surface area contributed by atoms with Crippen LogP contribution >= 0.6 is 11.6 Å². The molecule has 22 heavy (non-hydrogen) atoms. The van der Waals surface area contributed by atoms with Gasteiger partial charge in [-0.2, -0.15) is 0 Å². The van der Waals surface area contributed by atoms with E-state index in [0.29, 0.717) is 5.02 Å². The van der Waals surface area contributed by atoms with E-state index in [1.165, 1.54) is 24.3 Å². The molecule has 0 aliphatic rings. The summed E-state index contributed by atoms with van der Waals surface area (Å²) in [5, 5.41) is 2.96. The van der Waals surface area contributed by atoms with Crippen molar-refractivity contribution in [1.82, 2.24) is 5.32 Å². The molecule has 0 unspecified atom stereocenters. The minimum Gasteiger partial charge on any atom is -0.368 e. The number of rotatable bonds is 5. The predicted octanol–water partition coefficient (Wildman–Crippen LogP) is 2.31. The van der Waals surface area contributed by atoms with Gasteiger partial charge in [-0.25, -0.2) is 4.39 Å². The SMILES string of the molecule is NC(=O)[C@H](Cc1cccc(Cl)c1)NC(=O)c1ccccc1F. The fourth-order valence-electron chi connectivity index (χ4n) is 2.00. The number of nitrogens with one attached hydrogen (secondary N) is 1. The van der Waals surface area contributed by atoms with E-state index in [2.05, 4.69) is 5.32 Å². The first kappa shape index (κ1) is 16.0. The summed E-state index contributed by atoms with van der Waals surface area (Å²) in [5.41, 5.74) is 5.91. The Labute approximate surface area is 132 Å². The number of carbonyl (C=O) groups excluding carboxylic acids is 2. The summed E-state index contributed by atoms with van der Waals surface area (Å²) in [5.74, 6) is -2.06. The molecule has 0 aliphatic carbocycles. The zero-order chi connectivity index (χ0) is 16.1. The van der Waals surface area contributed by atoms with Gasteiger partial charge in [0.15, 0.2) is 0 Å². The average Bonchev–Trinajstić information content (AvgIpc) is 2.46. The van der Waals surface area contributed by atoms with Crippen molar-refractivity contribution in [2.45, 2.75) is 12.5 Å². The zero-order valence-electron chi connectivity index (χ0n) is 11.6. The number of benzene rings is 2. The molecule has 2 aromatic rings. The highest BCUT2D eigenvalue weighted by atomic mass is 35.5. The summed E-state index contributed by atoms with van der Waals surface area (Å²) in [4.78, 5) is 23.6. The van der Waals surface area contributed by atoms with Gasteiger partial charge in [0.2, 0.25) is 5.91 Å². The Morgan fingerprint density at radius 3 is 2.55 bits per heavy atom. The lowest BCUT2D eigenvalue weighted by Gasteiger charge is -2.16. The Hall–Kier alpha value is -2.40. The monoisotopic (exact) mass is 320 g/mol. The molecule has 3 N–H and O–H groups in total. The van der Waals surface area contributed by atoms with Crippen molar-refractivity contribution in [3.63, 3.8) is 0 Å². The molecule has 0 heterocycles. The third kappa shape index (κ3) is 4.05. The van der Waals surface area contributed by atoms with Gasteiger partial charge >= 0.3 is 0 Å². The van der Waals surface area contributed by atoms with E-state index in [9.17, 15) is 14.0 Å². The molecule has 0 fully saturated rings. The molecular weight excluding hydrogens is 307 g/mol. The van der Waals surface area contributed by atoms with Crippen LogP contribution < -0.4 is 11.1 Å². The molecule has 2 amide bonds. The minimum absolute atomic E-state index is 0.139. The summed E-state index contributed by atoms with van der Waals surface area (Å²) in [6.45, 7) is 0. The van der Waals surface area contributed by atoms with Crippen LogP contribution in [0.5, 0.6) is 0 Å². The summed E-state index contributed by atoms with van der Waals surface area (Å²) in [7, 11) is 0. The number of primary amides is 1. The van der Waals surface area contributed by atoms with Crippen LogP contribution in [-0.4, -0.2) is 17.9 Å². The standard InChI is InChI=1S/C16H14ClFN2O2/c17-11-5-3-4-10(8-11)9-14(15(19)21)20-16(22)12-6-1-2-7-13(12)18/h1-8,14H,9H2,(H2,19,21)(H,20,22)/t14-/m0/s1. The fourth-order valence-corrected chi connectivity index (χ4v) is 2.22. The highest BCUT2D eigenvalue weighted by molar-refractivity contribution is 6.30. The van der Waals surface area contributed by atoms with Crippen LogP contribution in [0.3, 0.4) is 0 Å². The van der Waals surface area contributed by atoms with E-state index in [1.54, 1.807) is 24.3 Å². The first-order valence-corrected chi connectivity index (χ1v) is 6.94. The summed E-state index contributed by atoms with van der Waals surface area (Å²) in [6, 6.07) is 11.4. The van der Waals surface area contributed by atoms with E-state index in [1.807, 2.05) is 0 Å². The minimum atomic E-state index is -0.953. The maximum Gasteiger partial charge on any atom is 0.254 e. The van der Waals surface area contributed by atoms with Gasteiger partial charge in [-0.3, -0.25) is 9.59 Å². The van der Waals surface area contributed by atoms with Crippen molar-refractivity contribution in [3.05, 3.63) is 70.5 Å². The van der Waals surface area contributed by atoms with E-state index in [4.69, 9.17) is 17.3 Å². The van der Waals surface area contributed by atoms with E-state index < -0.39 is 23.7 Å². The summed E-state index contributed by atoms with van der Waals surface area (Å²) < 4.78 is 13.6. The molecule has 6 heteroatoms. The molecule has 0 aromatic heterocycles. The van der Waals surface area contributed by atoms with Gasteiger partial charge in [0.05, 0.1) is 5.56 Å². The number of hydrogen-bond donors (Lipinski definition) is 2. The Morgan fingerprint density at radius 2 is 1.91 bits per heavy atom. The van der Waals surface area contributed by atoms with Crippen molar-refractivity contribution in [3.8, 4) is 0 Å². The smallest absolute Gasteiger partial charge is 0.254 e. The molecule has 0 saturated carbocycles. The van der Waals surface area contributed by atoms with Gasteiger partial charge in [-0.15, -0.1) is 0 Å². The maximum absolute atomic E-state index is 13.6. The van der Waals surface area contributed by atoms with Crippen molar-refractivity contribution in [2.24, 2.45) is 5.73 Å². The van der Waals surface area contributed by atoms with Gasteiger partial charge in [0, 0.05) is 11.4 Å². The molecule has 114 valence electrons. The second kappa shape index (κ2) is 7.04. The van der Waals surface area contributed by atoms with Crippen LogP contribution in [0.25, 0.3) is 0 Å². The Kier molecular flexibility index (Phi) is 5.12. The number of hydrogen-bond acceptors (Lipinski definition) is 2. The molecule has 0 aliphatic heterocycles. The van der Waals surface area contributed by atoms with Crippen LogP contribution in [0, 0.1) is 5.82 Å². The molecule has 1 atom stereocenters. The predicted molar refractivity (Wildman–Crippen MR) is 82.0 cm³/mol. The molecule has 0 radical (unpaired) electrons. The highest BCUT2D eigenvalue weighted by Crippen LogP contribution is 2.13. The molecule has 0 bridgehead atoms. The van der Waals surface area contributed by atoms with Crippen molar-refractivity contribution >= 4 is 23.4 Å². The summed E-state index contributed by atoms with van der Waals surface area (Å²) in [6.07, 6.45) is 0.177. The Morgan fingerprint density at radius 1 is 1.18 bits per heavy atom. The van der Waals surface area contributed by atoms with E-state index >= 15 is 0 Å². The number of carbonyl (C=O) groups is 2. The average molecular weight is 321 g/mol. The van der Waals surface area contributed by atoms with E-state index in [-0.39, 0.29) is 12.0 Å². The van der Waals surface area contributed by atoms with Crippen LogP contribution in [0.1, 0.15) is 15.9 Å². The lowest BCUT2D eigenvalue weighted by molar-refractivity contribution is -0.119. The third-order valence-electron chi connectivity index (χ3n) is 3.10. The molecular formula is C16H14ClFN2O2. The molecule has 0 spiro atoms. The number of halogens is 2. The summed E-state index contributed by atoms with van der Waals surface area (Å²) >= 11 is 5.88. The number of nitrogens with two attached hydrogens (primary N) is 1. The lowest BCUT2D eigenvalue weighted by Crippen LogP contribution is -2.46. The molecule has 2 rings (SSSR count). The van der Waals surface area contributed by atoms with Crippen LogP contribution in [0.2, 0.25) is 5.02 Å². The quantitative estimate of drug-likeness (QED) is 0.887. The maximum atomic E-state index is 13.6. The second-order valence-corrected chi connectivity index (χ2v) is 5.18. The topological polar surface area (TPSA) is 72.2 Å². The number of amides is 2. The van der Waals surface area contributed by atoms with Crippen molar-refractivity contribution in [1.29, 1.82) is 0 Å². The normalized spacial score (nSPS) is 11.7. The third-order valence-corrected chi connectivity index (χ3v) is 3.33. The highest BCUT2D eigenvalue weighted by Gasteiger charge is 2.21. The first-order chi connectivity index (χ1) is 10.5. The van der Waals surface area contributed by atoms with Crippen LogP contribution in [-0.2, 0) is 11.2 Å². The van der Waals surface area contributed by atoms with Crippen LogP contribution in [0.4, 0.5) is 4.39 Å². The van der Waals surface area contributed by atoms with E-state index in [0.717, 1.165) is 5.56 Å². The van der Waals surface area contributed by atoms with Crippen LogP contribution in [0.15, 0.2) is 48.5 Å².